The van der Waals surface area contributed by atoms with Gasteiger partial charge in [-0.3, -0.25) is 4.98 Å². The highest BCUT2D eigenvalue weighted by molar-refractivity contribution is 5.75. The number of aromatic nitrogens is 4. The normalized spacial score (nSPS) is 10.6. The lowest BCUT2D eigenvalue weighted by atomic mass is 10.3. The van der Waals surface area contributed by atoms with Crippen LogP contribution in [0, 0.1) is 0 Å². The minimum Gasteiger partial charge on any atom is -0.350 e. The molecular weight excluding hydrogens is 214 g/mol. The Bertz CT molecular complexity index is 617. The van der Waals surface area contributed by atoms with Crippen molar-refractivity contribution in [2.45, 2.75) is 6.54 Å². The number of nitrogens with one attached hydrogen (secondary N) is 2. The van der Waals surface area contributed by atoms with Crippen molar-refractivity contribution in [3.63, 3.8) is 0 Å². The highest BCUT2D eigenvalue weighted by Crippen LogP contribution is 2.10. The van der Waals surface area contributed by atoms with Crippen LogP contribution in [0.25, 0.3) is 11.0 Å². The number of nitrogens with zero attached hydrogens (tertiary/aromatic N) is 3. The van der Waals surface area contributed by atoms with Crippen molar-refractivity contribution in [2.75, 3.05) is 5.32 Å². The lowest BCUT2D eigenvalue weighted by Gasteiger charge is -2.03. The highest BCUT2D eigenvalue weighted by atomic mass is 15.1. The fraction of sp³-hybridized carbons (Fsp3) is 0.0833. The zero-order valence-corrected chi connectivity index (χ0v) is 9.09. The molecule has 0 aliphatic heterocycles. The molecule has 5 nitrogen and oxygen atoms in total. The van der Waals surface area contributed by atoms with Gasteiger partial charge in [-0.05, 0) is 17.7 Å². The van der Waals surface area contributed by atoms with Gasteiger partial charge in [0, 0.05) is 36.7 Å². The summed E-state index contributed by atoms with van der Waals surface area (Å²) in [6, 6.07) is 5.86. The lowest BCUT2D eigenvalue weighted by molar-refractivity contribution is 1.05. The molecule has 0 unspecified atom stereocenters. The summed E-state index contributed by atoms with van der Waals surface area (Å²) < 4.78 is 0. The van der Waals surface area contributed by atoms with Crippen molar-refractivity contribution < 1.29 is 0 Å². The van der Waals surface area contributed by atoms with Gasteiger partial charge in [-0.25, -0.2) is 4.98 Å². The second-order valence-corrected chi connectivity index (χ2v) is 3.69. The monoisotopic (exact) mass is 225 g/mol. The predicted octanol–water partition coefficient (Wildman–Crippen LogP) is 1.96. The Hall–Kier alpha value is -2.43. The zero-order chi connectivity index (χ0) is 11.5. The van der Waals surface area contributed by atoms with Crippen LogP contribution in [-0.2, 0) is 6.54 Å². The molecule has 2 N–H and O–H groups in total. The Morgan fingerprint density at radius 1 is 1.24 bits per heavy atom. The minimum atomic E-state index is 0.615. The van der Waals surface area contributed by atoms with Gasteiger partial charge in [-0.2, -0.15) is 4.98 Å². The van der Waals surface area contributed by atoms with E-state index in [4.69, 9.17) is 0 Å². The fourth-order valence-corrected chi connectivity index (χ4v) is 1.61. The summed E-state index contributed by atoms with van der Waals surface area (Å²) in [6.07, 6.45) is 7.22. The molecule has 0 saturated heterocycles. The van der Waals surface area contributed by atoms with Gasteiger partial charge >= 0.3 is 0 Å². The van der Waals surface area contributed by atoms with E-state index in [1.54, 1.807) is 12.4 Å². The second kappa shape index (κ2) is 4.21. The number of aromatic amines is 1. The summed E-state index contributed by atoms with van der Waals surface area (Å²) in [5, 5.41) is 4.17. The van der Waals surface area contributed by atoms with E-state index < -0.39 is 0 Å². The van der Waals surface area contributed by atoms with Gasteiger partial charge in [-0.1, -0.05) is 6.07 Å². The molecule has 0 atom stereocenters. The molecule has 84 valence electrons. The summed E-state index contributed by atoms with van der Waals surface area (Å²) in [6.45, 7) is 0.667. The Kier molecular flexibility index (Phi) is 2.42. The first-order valence-electron chi connectivity index (χ1n) is 5.35. The first-order chi connectivity index (χ1) is 8.42. The molecule has 3 aromatic heterocycles. The van der Waals surface area contributed by atoms with Gasteiger partial charge in [0.25, 0.3) is 0 Å². The number of hydrogen-bond donors (Lipinski definition) is 2. The number of anilines is 1. The summed E-state index contributed by atoms with van der Waals surface area (Å²) in [5.41, 5.74) is 1.94. The minimum absolute atomic E-state index is 0.615. The van der Waals surface area contributed by atoms with Crippen LogP contribution in [0.3, 0.4) is 0 Å². The van der Waals surface area contributed by atoms with Gasteiger partial charge in [0.2, 0.25) is 5.95 Å². The Balaban J connectivity index is 1.76. The van der Waals surface area contributed by atoms with Crippen LogP contribution < -0.4 is 5.32 Å². The van der Waals surface area contributed by atoms with Crippen molar-refractivity contribution in [1.29, 1.82) is 0 Å². The molecule has 0 spiro atoms. The first-order valence-corrected chi connectivity index (χ1v) is 5.35. The van der Waals surface area contributed by atoms with Crippen LogP contribution in [0.2, 0.25) is 0 Å². The van der Waals surface area contributed by atoms with Crippen molar-refractivity contribution in [2.24, 2.45) is 0 Å². The van der Waals surface area contributed by atoms with Gasteiger partial charge < -0.3 is 10.3 Å². The van der Waals surface area contributed by atoms with Crippen molar-refractivity contribution in [3.05, 3.63) is 48.5 Å². The average molecular weight is 225 g/mol. The standard InChI is InChI=1S/C12H11N5/c1-2-9(6-13-4-1)7-15-12-16-8-10-3-5-14-11(10)17-12/h1-6,8H,7H2,(H2,14,15,16,17). The molecule has 5 heteroatoms. The number of hydrogen-bond acceptors (Lipinski definition) is 4. The third-order valence-corrected chi connectivity index (χ3v) is 2.47. The summed E-state index contributed by atoms with van der Waals surface area (Å²) in [4.78, 5) is 15.7. The molecule has 3 rings (SSSR count). The second-order valence-electron chi connectivity index (χ2n) is 3.69. The number of pyridine rings is 1. The van der Waals surface area contributed by atoms with E-state index in [0.29, 0.717) is 12.5 Å². The number of H-pyrrole nitrogens is 1. The number of rotatable bonds is 3. The quantitative estimate of drug-likeness (QED) is 0.715. The van der Waals surface area contributed by atoms with Crippen LogP contribution in [-0.4, -0.2) is 19.9 Å². The third kappa shape index (κ3) is 2.08. The lowest BCUT2D eigenvalue weighted by Crippen LogP contribution is -2.03. The van der Waals surface area contributed by atoms with Crippen molar-refractivity contribution in [1.82, 2.24) is 19.9 Å². The third-order valence-electron chi connectivity index (χ3n) is 2.47. The maximum atomic E-state index is 4.35. The average Bonchev–Trinajstić information content (AvgIpc) is 2.85. The summed E-state index contributed by atoms with van der Waals surface area (Å²) in [7, 11) is 0. The Morgan fingerprint density at radius 3 is 3.12 bits per heavy atom. The van der Waals surface area contributed by atoms with E-state index in [2.05, 4.69) is 25.3 Å². The zero-order valence-electron chi connectivity index (χ0n) is 9.09. The maximum absolute atomic E-state index is 4.35. The first kappa shape index (κ1) is 9.77. The fourth-order valence-electron chi connectivity index (χ4n) is 1.61. The molecule has 0 aliphatic rings. The molecule has 0 aromatic carbocycles. The van der Waals surface area contributed by atoms with Crippen LogP contribution in [0.15, 0.2) is 43.0 Å². The van der Waals surface area contributed by atoms with Crippen molar-refractivity contribution >= 4 is 17.0 Å². The van der Waals surface area contributed by atoms with Crippen LogP contribution in [0.5, 0.6) is 0 Å². The van der Waals surface area contributed by atoms with E-state index in [1.165, 1.54) is 0 Å². The molecule has 17 heavy (non-hydrogen) atoms. The molecule has 0 aliphatic carbocycles. The van der Waals surface area contributed by atoms with Crippen LogP contribution in [0.4, 0.5) is 5.95 Å². The van der Waals surface area contributed by atoms with Crippen LogP contribution in [0.1, 0.15) is 5.56 Å². The van der Waals surface area contributed by atoms with E-state index >= 15 is 0 Å². The van der Waals surface area contributed by atoms with Gasteiger partial charge in [-0.15, -0.1) is 0 Å². The van der Waals surface area contributed by atoms with E-state index in [0.717, 1.165) is 16.6 Å². The summed E-state index contributed by atoms with van der Waals surface area (Å²) in [5.74, 6) is 0.615. The van der Waals surface area contributed by atoms with Gasteiger partial charge in [0.15, 0.2) is 0 Å². The van der Waals surface area contributed by atoms with Crippen LogP contribution >= 0.6 is 0 Å². The SMILES string of the molecule is c1cncc(CNc2ncc3cc[nH]c3n2)c1. The number of fused-ring (bicyclic) bond motifs is 1. The Morgan fingerprint density at radius 2 is 2.24 bits per heavy atom. The molecular formula is C12H11N5. The molecule has 0 radical (unpaired) electrons. The van der Waals surface area contributed by atoms with E-state index in [9.17, 15) is 0 Å². The molecule has 0 saturated carbocycles. The molecule has 0 bridgehead atoms. The molecule has 0 fully saturated rings. The van der Waals surface area contributed by atoms with Crippen molar-refractivity contribution in [3.8, 4) is 0 Å². The molecule has 3 aromatic rings. The largest absolute Gasteiger partial charge is 0.350 e. The smallest absolute Gasteiger partial charge is 0.224 e. The van der Waals surface area contributed by atoms with Gasteiger partial charge in [0.05, 0.1) is 0 Å². The highest BCUT2D eigenvalue weighted by Gasteiger charge is 2.00. The van der Waals surface area contributed by atoms with E-state index in [1.807, 2.05) is 30.6 Å². The molecule has 3 heterocycles. The summed E-state index contributed by atoms with van der Waals surface area (Å²) >= 11 is 0. The van der Waals surface area contributed by atoms with E-state index in [-0.39, 0.29) is 0 Å². The predicted molar refractivity (Wildman–Crippen MR) is 65.5 cm³/mol. The molecule has 0 amide bonds. The van der Waals surface area contributed by atoms with Gasteiger partial charge in [0.1, 0.15) is 5.65 Å². The Labute approximate surface area is 98.0 Å². The topological polar surface area (TPSA) is 66.5 Å². The maximum Gasteiger partial charge on any atom is 0.224 e.